The molecule has 2 aliphatic rings. The van der Waals surface area contributed by atoms with Gasteiger partial charge in [0.05, 0.1) is 5.69 Å². The van der Waals surface area contributed by atoms with Gasteiger partial charge in [-0.2, -0.15) is 0 Å². The van der Waals surface area contributed by atoms with Crippen molar-refractivity contribution in [3.05, 3.63) is 83.2 Å². The molecule has 0 bridgehead atoms. The highest BCUT2D eigenvalue weighted by molar-refractivity contribution is 5.58. The number of benzene rings is 2. The lowest BCUT2D eigenvalue weighted by molar-refractivity contribution is 0.198. The van der Waals surface area contributed by atoms with Crippen molar-refractivity contribution >= 4 is 5.69 Å². The maximum atomic E-state index is 5.97. The summed E-state index contributed by atoms with van der Waals surface area (Å²) in [5.41, 5.74) is 8.44. The normalized spacial score (nSPS) is 19.1. The molecule has 0 fully saturated rings. The first-order valence-corrected chi connectivity index (χ1v) is 10.2. The van der Waals surface area contributed by atoms with Gasteiger partial charge >= 0.3 is 0 Å². The number of nitrogens with zero attached hydrogens (tertiary/aromatic N) is 2. The van der Waals surface area contributed by atoms with Gasteiger partial charge in [-0.25, -0.2) is 0 Å². The van der Waals surface area contributed by atoms with Crippen LogP contribution in [-0.2, 0) is 0 Å². The summed E-state index contributed by atoms with van der Waals surface area (Å²) in [6.07, 6.45) is 4.40. The lowest BCUT2D eigenvalue weighted by Gasteiger charge is -2.28. The number of hydrogen-bond acceptors (Lipinski definition) is 5. The molecule has 0 radical (unpaired) electrons. The van der Waals surface area contributed by atoms with Crippen molar-refractivity contribution in [2.24, 2.45) is 0 Å². The monoisotopic (exact) mass is 390 g/mol. The van der Waals surface area contributed by atoms with Crippen LogP contribution in [0.3, 0.4) is 0 Å². The lowest BCUT2D eigenvalue weighted by Crippen LogP contribution is -2.37. The summed E-state index contributed by atoms with van der Waals surface area (Å²) >= 11 is 0. The first-order chi connectivity index (χ1) is 14.0. The number of aryl methyl sites for hydroxylation is 1. The van der Waals surface area contributed by atoms with E-state index in [1.54, 1.807) is 0 Å². The van der Waals surface area contributed by atoms with Gasteiger partial charge < -0.3 is 15.0 Å². The Labute approximate surface area is 173 Å². The predicted octanol–water partition coefficient (Wildman–Crippen LogP) is 3.76. The zero-order chi connectivity index (χ0) is 20.4. The van der Waals surface area contributed by atoms with Crippen molar-refractivity contribution in [1.82, 2.24) is 15.6 Å². The van der Waals surface area contributed by atoms with E-state index in [9.17, 15) is 0 Å². The van der Waals surface area contributed by atoms with Crippen LogP contribution in [-0.4, -0.2) is 38.2 Å². The molecule has 0 saturated carbocycles. The van der Waals surface area contributed by atoms with Crippen molar-refractivity contribution in [3.63, 3.8) is 0 Å². The van der Waals surface area contributed by atoms with E-state index in [0.717, 1.165) is 23.8 Å². The van der Waals surface area contributed by atoms with E-state index in [1.807, 2.05) is 0 Å². The smallest absolute Gasteiger partial charge is 0.124 e. The van der Waals surface area contributed by atoms with Crippen LogP contribution in [0.2, 0.25) is 0 Å². The summed E-state index contributed by atoms with van der Waals surface area (Å²) in [4.78, 5) is 2.16. The third-order valence-corrected chi connectivity index (χ3v) is 5.65. The summed E-state index contributed by atoms with van der Waals surface area (Å²) in [5.74, 6) is 1.99. The third kappa shape index (κ3) is 4.10. The summed E-state index contributed by atoms with van der Waals surface area (Å²) in [5, 5.41) is 5.69. The largest absolute Gasteiger partial charge is 0.492 e. The summed E-state index contributed by atoms with van der Waals surface area (Å²) < 4.78 is 5.97. The highest BCUT2D eigenvalue weighted by Crippen LogP contribution is 2.39. The average molecular weight is 391 g/mol. The Hall–Kier alpha value is -2.92. The standard InChI is InChI=1S/C24H30N4O/c1-17-7-11-20(12-8-17)28-23(22-6-5-15-25-24(22)26-28)19-9-13-21(14-10-19)29-16-18(2)27(3)4/h5-14,18,23,25-26H,15-16H2,1-4H3. The minimum Gasteiger partial charge on any atom is -0.492 e. The molecule has 0 aliphatic carbocycles. The quantitative estimate of drug-likeness (QED) is 0.786. The summed E-state index contributed by atoms with van der Waals surface area (Å²) in [6.45, 7) is 5.79. The molecule has 0 amide bonds. The fourth-order valence-corrected chi connectivity index (χ4v) is 3.55. The van der Waals surface area contributed by atoms with Crippen LogP contribution >= 0.6 is 0 Å². The molecule has 0 spiro atoms. The molecule has 0 saturated heterocycles. The van der Waals surface area contributed by atoms with Gasteiger partial charge in [0.15, 0.2) is 0 Å². The van der Waals surface area contributed by atoms with Gasteiger partial charge in [-0.05, 0) is 57.8 Å². The second kappa shape index (κ2) is 8.21. The first-order valence-electron chi connectivity index (χ1n) is 10.2. The van der Waals surface area contributed by atoms with Crippen LogP contribution in [0.15, 0.2) is 72.1 Å². The molecule has 2 N–H and O–H groups in total. The van der Waals surface area contributed by atoms with E-state index >= 15 is 0 Å². The van der Waals surface area contributed by atoms with Crippen molar-refractivity contribution in [1.29, 1.82) is 0 Å². The Morgan fingerprint density at radius 3 is 2.52 bits per heavy atom. The first kappa shape index (κ1) is 19.4. The fourth-order valence-electron chi connectivity index (χ4n) is 3.55. The molecule has 2 aliphatic heterocycles. The third-order valence-electron chi connectivity index (χ3n) is 5.65. The molecule has 2 aromatic carbocycles. The molecule has 2 heterocycles. The molecule has 29 heavy (non-hydrogen) atoms. The van der Waals surface area contributed by atoms with Gasteiger partial charge in [0, 0.05) is 18.2 Å². The molecule has 152 valence electrons. The fraction of sp³-hybridized carbons (Fsp3) is 0.333. The minimum atomic E-state index is 0.103. The number of likely N-dealkylation sites (N-methyl/N-ethyl adjacent to an activating group) is 1. The topological polar surface area (TPSA) is 39.8 Å². The molecular formula is C24H30N4O. The van der Waals surface area contributed by atoms with E-state index < -0.39 is 0 Å². The van der Waals surface area contributed by atoms with E-state index in [2.05, 4.69) is 109 Å². The number of hydrogen-bond donors (Lipinski definition) is 2. The Morgan fingerprint density at radius 2 is 1.83 bits per heavy atom. The Bertz CT molecular complexity index is 899. The van der Waals surface area contributed by atoms with Crippen LogP contribution in [0, 0.1) is 6.92 Å². The Balaban J connectivity index is 1.58. The maximum Gasteiger partial charge on any atom is 0.124 e. The zero-order valence-corrected chi connectivity index (χ0v) is 17.6. The molecule has 2 atom stereocenters. The van der Waals surface area contributed by atoms with Crippen molar-refractivity contribution in [2.45, 2.75) is 25.9 Å². The number of ether oxygens (including phenoxy) is 1. The minimum absolute atomic E-state index is 0.103. The van der Waals surface area contributed by atoms with Gasteiger partial charge in [-0.15, -0.1) is 0 Å². The summed E-state index contributed by atoms with van der Waals surface area (Å²) in [6, 6.07) is 17.6. The lowest BCUT2D eigenvalue weighted by atomic mass is 9.97. The Morgan fingerprint density at radius 1 is 1.10 bits per heavy atom. The molecule has 5 heteroatoms. The average Bonchev–Trinajstić information content (AvgIpc) is 3.12. The molecular weight excluding hydrogens is 360 g/mol. The molecule has 0 aromatic heterocycles. The van der Waals surface area contributed by atoms with Gasteiger partial charge in [-0.1, -0.05) is 42.0 Å². The predicted molar refractivity (Wildman–Crippen MR) is 119 cm³/mol. The van der Waals surface area contributed by atoms with Crippen molar-refractivity contribution in [3.8, 4) is 5.75 Å². The van der Waals surface area contributed by atoms with Crippen LogP contribution < -0.4 is 20.5 Å². The van der Waals surface area contributed by atoms with Crippen molar-refractivity contribution in [2.75, 3.05) is 32.3 Å². The van der Waals surface area contributed by atoms with Gasteiger partial charge in [0.2, 0.25) is 0 Å². The highest BCUT2D eigenvalue weighted by atomic mass is 16.5. The van der Waals surface area contributed by atoms with Crippen LogP contribution in [0.1, 0.15) is 24.1 Å². The number of rotatable bonds is 6. The van der Waals surface area contributed by atoms with Crippen LogP contribution in [0.5, 0.6) is 5.75 Å². The van der Waals surface area contributed by atoms with Gasteiger partial charge in [0.25, 0.3) is 0 Å². The second-order valence-electron chi connectivity index (χ2n) is 8.03. The second-order valence-corrected chi connectivity index (χ2v) is 8.03. The molecule has 4 rings (SSSR count). The number of nitrogens with one attached hydrogen (secondary N) is 2. The SMILES string of the molecule is Cc1ccc(N2NC3=C(C=CCN3)C2c2ccc(OCC(C)N(C)C)cc2)cc1. The number of hydrazine groups is 1. The van der Waals surface area contributed by atoms with E-state index in [-0.39, 0.29) is 6.04 Å². The number of anilines is 1. The number of dihydropyridines is 1. The van der Waals surface area contributed by atoms with Crippen LogP contribution in [0.4, 0.5) is 5.69 Å². The van der Waals surface area contributed by atoms with E-state index in [1.165, 1.54) is 16.7 Å². The highest BCUT2D eigenvalue weighted by Gasteiger charge is 2.34. The maximum absolute atomic E-state index is 5.97. The molecule has 5 nitrogen and oxygen atoms in total. The zero-order valence-electron chi connectivity index (χ0n) is 17.6. The summed E-state index contributed by atoms with van der Waals surface area (Å²) in [7, 11) is 4.14. The van der Waals surface area contributed by atoms with E-state index in [4.69, 9.17) is 4.74 Å². The molecule has 2 aromatic rings. The van der Waals surface area contributed by atoms with Crippen molar-refractivity contribution < 1.29 is 4.74 Å². The van der Waals surface area contributed by atoms with E-state index in [0.29, 0.717) is 12.6 Å². The van der Waals surface area contributed by atoms with Gasteiger partial charge in [-0.3, -0.25) is 10.4 Å². The van der Waals surface area contributed by atoms with Crippen LogP contribution in [0.25, 0.3) is 0 Å². The molecule has 2 unspecified atom stereocenters. The Kier molecular flexibility index (Phi) is 5.49. The van der Waals surface area contributed by atoms with Gasteiger partial charge in [0.1, 0.15) is 24.2 Å².